The number of hydrogen-bond acceptors (Lipinski definition) is 9. The van der Waals surface area contributed by atoms with Crippen LogP contribution < -0.4 is 16.4 Å². The van der Waals surface area contributed by atoms with E-state index in [1.54, 1.807) is 6.08 Å². The number of fused-ring (bicyclic) bond motifs is 4. The van der Waals surface area contributed by atoms with E-state index in [0.29, 0.717) is 12.0 Å². The van der Waals surface area contributed by atoms with Crippen LogP contribution in [0.2, 0.25) is 0 Å². The maximum absolute atomic E-state index is 14.0. The van der Waals surface area contributed by atoms with Gasteiger partial charge in [-0.3, -0.25) is 14.4 Å². The maximum atomic E-state index is 14.0. The van der Waals surface area contributed by atoms with E-state index < -0.39 is 59.2 Å². The van der Waals surface area contributed by atoms with Crippen molar-refractivity contribution in [3.63, 3.8) is 0 Å². The number of allylic oxidation sites excluding steroid dienone is 2. The third kappa shape index (κ3) is 3.73. The van der Waals surface area contributed by atoms with E-state index in [2.05, 4.69) is 34.3 Å². The van der Waals surface area contributed by atoms with Gasteiger partial charge in [-0.25, -0.2) is 0 Å². The minimum Gasteiger partial charge on any atom is -0.507 e. The van der Waals surface area contributed by atoms with Crippen molar-refractivity contribution in [1.82, 2.24) is 0 Å². The number of carbonyl (C=O) groups excluding carboxylic acids is 3. The number of rotatable bonds is 5. The molecule has 0 spiro atoms. The van der Waals surface area contributed by atoms with Gasteiger partial charge in [0.25, 0.3) is 0 Å². The van der Waals surface area contributed by atoms with Gasteiger partial charge in [-0.1, -0.05) is 37.5 Å². The zero-order chi connectivity index (χ0) is 29.3. The summed E-state index contributed by atoms with van der Waals surface area (Å²) in [5.74, 6) is 9.53. The molecule has 2 heterocycles. The van der Waals surface area contributed by atoms with Crippen LogP contribution in [0.1, 0.15) is 57.7 Å². The second-order valence-corrected chi connectivity index (χ2v) is 11.0. The lowest BCUT2D eigenvalue weighted by molar-refractivity contribution is -0.118. The van der Waals surface area contributed by atoms with Crippen LogP contribution in [0, 0.1) is 29.6 Å². The van der Waals surface area contributed by atoms with Crippen LogP contribution in [0.25, 0.3) is 0 Å². The number of nitrogens with one attached hydrogen (secondary N) is 2. The van der Waals surface area contributed by atoms with Crippen molar-refractivity contribution in [3.05, 3.63) is 64.2 Å². The van der Waals surface area contributed by atoms with Crippen molar-refractivity contribution in [2.75, 3.05) is 17.2 Å². The third-order valence-corrected chi connectivity index (χ3v) is 7.95. The number of nitrogens with two attached hydrogens (primary N) is 1. The summed E-state index contributed by atoms with van der Waals surface area (Å²) in [4.78, 5) is 39.9. The van der Waals surface area contributed by atoms with Gasteiger partial charge in [0.15, 0.2) is 23.3 Å². The van der Waals surface area contributed by atoms with Crippen LogP contribution in [0.15, 0.2) is 36.4 Å². The highest BCUT2D eigenvalue weighted by atomic mass is 16.6. The van der Waals surface area contributed by atoms with Crippen molar-refractivity contribution < 1.29 is 34.4 Å². The van der Waals surface area contributed by atoms with E-state index in [0.717, 1.165) is 0 Å². The first-order valence-corrected chi connectivity index (χ1v) is 13.2. The molecule has 1 amide bonds. The number of aliphatic hydroxyl groups is 2. The lowest BCUT2D eigenvalue weighted by atomic mass is 9.69. The molecule has 1 saturated heterocycles. The first kappa shape index (κ1) is 26.8. The Morgan fingerprint density at radius 2 is 1.83 bits per heavy atom. The molecule has 0 radical (unpaired) electrons. The van der Waals surface area contributed by atoms with E-state index in [4.69, 9.17) is 15.6 Å². The Balaban J connectivity index is 1.52. The monoisotopic (exact) mass is 553 g/mol. The minimum absolute atomic E-state index is 0.0164. The van der Waals surface area contributed by atoms with Gasteiger partial charge in [0, 0.05) is 22.4 Å². The number of aliphatic hydroxyl groups excluding tert-OH is 2. The molecule has 41 heavy (non-hydrogen) atoms. The van der Waals surface area contributed by atoms with Crippen LogP contribution in [-0.2, 0) is 15.1 Å². The standard InChI is InChI=1S/C31H27N3O7/c1-15(2)13-30-22-7-5-3-4-6-8-23(37)31(30,41-30)19-12-21(36)24-25(26(19)34-22)27(38)17-10-9-16(11-18(17)28(24)39)33-29(40)20(32)14-35/h3-4,9-12,15,20,22-23,34-37H,13-14,32H2,1-2H3,(H,33,40)/b4-3-/t20-,22-,23+,30-,31-/m0/s1. The van der Waals surface area contributed by atoms with Crippen molar-refractivity contribution in [2.24, 2.45) is 11.7 Å². The molecule has 2 aliphatic carbocycles. The van der Waals surface area contributed by atoms with E-state index in [-0.39, 0.29) is 39.5 Å². The molecule has 208 valence electrons. The Hall–Kier alpha value is -4.45. The summed E-state index contributed by atoms with van der Waals surface area (Å²) in [7, 11) is 0. The molecule has 10 heteroatoms. The fourth-order valence-corrected chi connectivity index (χ4v) is 6.19. The highest BCUT2D eigenvalue weighted by molar-refractivity contribution is 6.31. The number of hydrogen-bond donors (Lipinski definition) is 6. The van der Waals surface area contributed by atoms with Crippen LogP contribution in [0.4, 0.5) is 11.4 Å². The number of ether oxygens (including phenoxy) is 1. The van der Waals surface area contributed by atoms with E-state index >= 15 is 0 Å². The predicted octanol–water partition coefficient (Wildman–Crippen LogP) is 1.17. The molecule has 0 unspecified atom stereocenters. The molecular weight excluding hydrogens is 526 g/mol. The first-order valence-electron chi connectivity index (χ1n) is 13.2. The number of carbonyl (C=O) groups is 3. The molecule has 5 atom stereocenters. The molecule has 2 bridgehead atoms. The highest BCUT2D eigenvalue weighted by Crippen LogP contribution is 2.68. The maximum Gasteiger partial charge on any atom is 0.243 e. The molecule has 2 aromatic carbocycles. The average Bonchev–Trinajstić information content (AvgIpc) is 3.63. The van der Waals surface area contributed by atoms with Gasteiger partial charge in [0.2, 0.25) is 5.91 Å². The van der Waals surface area contributed by atoms with Crippen molar-refractivity contribution >= 4 is 28.8 Å². The summed E-state index contributed by atoms with van der Waals surface area (Å²) in [6.07, 6.45) is 2.28. The van der Waals surface area contributed by atoms with Gasteiger partial charge in [0.1, 0.15) is 23.4 Å². The molecule has 2 aliphatic heterocycles. The Labute approximate surface area is 235 Å². The number of phenols is 1. The van der Waals surface area contributed by atoms with Crippen molar-refractivity contribution in [2.45, 2.75) is 49.7 Å². The molecular formula is C31H27N3O7. The zero-order valence-electron chi connectivity index (χ0n) is 22.2. The van der Waals surface area contributed by atoms with Crippen LogP contribution in [0.3, 0.4) is 0 Å². The molecule has 1 fully saturated rings. The van der Waals surface area contributed by atoms with Crippen molar-refractivity contribution in [1.29, 1.82) is 0 Å². The van der Waals surface area contributed by atoms with Gasteiger partial charge in [-0.2, -0.15) is 0 Å². The molecule has 0 aromatic heterocycles. The average molecular weight is 554 g/mol. The fourth-order valence-electron chi connectivity index (χ4n) is 6.19. The summed E-state index contributed by atoms with van der Waals surface area (Å²) in [6.45, 7) is 3.46. The normalized spacial score (nSPS) is 27.8. The van der Waals surface area contributed by atoms with Gasteiger partial charge < -0.3 is 36.4 Å². The van der Waals surface area contributed by atoms with Crippen molar-refractivity contribution in [3.8, 4) is 29.4 Å². The molecule has 10 nitrogen and oxygen atoms in total. The van der Waals surface area contributed by atoms with E-state index in [9.17, 15) is 24.6 Å². The number of aromatic hydroxyl groups is 1. The number of amides is 1. The lowest BCUT2D eigenvalue weighted by Gasteiger charge is -2.37. The molecule has 2 aromatic rings. The molecule has 6 rings (SSSR count). The Morgan fingerprint density at radius 3 is 2.54 bits per heavy atom. The molecule has 0 saturated carbocycles. The van der Waals surface area contributed by atoms with E-state index in [1.165, 1.54) is 30.3 Å². The zero-order valence-corrected chi connectivity index (χ0v) is 22.2. The number of epoxide rings is 1. The van der Waals surface area contributed by atoms with Gasteiger partial charge in [-0.15, -0.1) is 0 Å². The fraction of sp³-hybridized carbons (Fsp3) is 0.323. The number of benzene rings is 2. The smallest absolute Gasteiger partial charge is 0.243 e. The lowest BCUT2D eigenvalue weighted by Crippen LogP contribution is -2.50. The summed E-state index contributed by atoms with van der Waals surface area (Å²) >= 11 is 0. The quantitative estimate of drug-likeness (QED) is 0.154. The number of ketones is 2. The van der Waals surface area contributed by atoms with Crippen LogP contribution >= 0.6 is 0 Å². The Kier molecular flexibility index (Phi) is 6.07. The first-order chi connectivity index (χ1) is 19.6. The topological polar surface area (TPSA) is 175 Å². The second-order valence-electron chi connectivity index (χ2n) is 11.0. The molecule has 7 N–H and O–H groups in total. The third-order valence-electron chi connectivity index (χ3n) is 7.95. The van der Waals surface area contributed by atoms with Gasteiger partial charge in [-0.05, 0) is 48.8 Å². The van der Waals surface area contributed by atoms with Crippen LogP contribution in [-0.4, -0.2) is 63.2 Å². The van der Waals surface area contributed by atoms with Gasteiger partial charge >= 0.3 is 0 Å². The highest BCUT2D eigenvalue weighted by Gasteiger charge is 2.79. The molecule has 4 aliphatic rings. The van der Waals surface area contributed by atoms with Crippen LogP contribution in [0.5, 0.6) is 5.75 Å². The number of phenolic OH excluding ortho intramolecular Hbond substituents is 1. The number of anilines is 2. The SMILES string of the molecule is CC(C)C[C@@]12O[C@]13c1cc(O)c4c(c1N[C@H]2C#C/C=C\C#C[C@H]3O)C(=O)c1ccc(NC(=O)[C@@H](N)CO)cc1C4=O. The van der Waals surface area contributed by atoms with Gasteiger partial charge in [0.05, 0.1) is 23.4 Å². The predicted molar refractivity (Wildman–Crippen MR) is 148 cm³/mol. The summed E-state index contributed by atoms with van der Waals surface area (Å²) in [5.41, 5.74) is 3.72. The Bertz CT molecular complexity index is 1710. The summed E-state index contributed by atoms with van der Waals surface area (Å²) in [6, 6.07) is 3.70. The summed E-state index contributed by atoms with van der Waals surface area (Å²) in [5, 5.41) is 37.6. The second kappa shape index (κ2) is 9.30. The summed E-state index contributed by atoms with van der Waals surface area (Å²) < 4.78 is 6.44. The largest absolute Gasteiger partial charge is 0.507 e. The minimum atomic E-state index is -1.40. The van der Waals surface area contributed by atoms with E-state index in [1.807, 2.05) is 13.8 Å². The Morgan fingerprint density at radius 1 is 1.12 bits per heavy atom.